The number of anilines is 1. The zero-order valence-corrected chi connectivity index (χ0v) is 18.3. The fourth-order valence-electron chi connectivity index (χ4n) is 1.96. The molecule has 1 aliphatic heterocycles. The van der Waals surface area contributed by atoms with Crippen molar-refractivity contribution >= 4 is 62.1 Å². The molecule has 26 heavy (non-hydrogen) atoms. The Kier molecular flexibility index (Phi) is 8.16. The van der Waals surface area contributed by atoms with Gasteiger partial charge < -0.3 is 14.7 Å². The van der Waals surface area contributed by atoms with E-state index in [1.807, 2.05) is 22.6 Å². The van der Waals surface area contributed by atoms with Crippen LogP contribution >= 0.6 is 22.6 Å². The molecule has 0 spiro atoms. The molecular weight excluding hydrogens is 494 g/mol. The fourth-order valence-corrected chi connectivity index (χ4v) is 2.84. The third-order valence-corrected chi connectivity index (χ3v) is 4.85. The standard InChI is InChI=1S/C13H11IN2O8S.Na/c14-6-10(17)15-8-3-1-2-7(4-8)13(20)24-16-11(18)5-9(12(16)19)25(21,22)23;/h1-4,9H,5-6H2,(H,15,17)(H,21,22,23);/q;+1/p-1. The molecule has 10 nitrogen and oxygen atoms in total. The van der Waals surface area contributed by atoms with E-state index in [2.05, 4.69) is 10.2 Å². The molecule has 1 aromatic carbocycles. The Morgan fingerprint density at radius 1 is 1.35 bits per heavy atom. The summed E-state index contributed by atoms with van der Waals surface area (Å²) in [6, 6.07) is 5.49. The molecule has 1 N–H and O–H groups in total. The largest absolute Gasteiger partial charge is 1.00 e. The van der Waals surface area contributed by atoms with E-state index in [1.165, 1.54) is 24.3 Å². The number of carbonyl (C=O) groups is 4. The number of imide groups is 1. The molecule has 3 amide bonds. The monoisotopic (exact) mass is 504 g/mol. The first kappa shape index (κ1) is 23.0. The van der Waals surface area contributed by atoms with Gasteiger partial charge in [-0.3, -0.25) is 14.4 Å². The van der Waals surface area contributed by atoms with Gasteiger partial charge in [-0.1, -0.05) is 28.7 Å². The van der Waals surface area contributed by atoms with Crippen LogP contribution in [0.5, 0.6) is 0 Å². The van der Waals surface area contributed by atoms with Crippen molar-refractivity contribution in [1.82, 2.24) is 5.06 Å². The SMILES string of the molecule is O=C(CI)Nc1cccc(C(=O)ON2C(=O)CC(S(=O)(=O)[O-])C2=O)c1.[Na+]. The topological polar surface area (TPSA) is 150 Å². The van der Waals surface area contributed by atoms with Crippen LogP contribution in [0.15, 0.2) is 24.3 Å². The van der Waals surface area contributed by atoms with E-state index in [0.717, 1.165) is 0 Å². The van der Waals surface area contributed by atoms with Crippen LogP contribution in [0.3, 0.4) is 0 Å². The minimum atomic E-state index is -5.04. The van der Waals surface area contributed by atoms with Gasteiger partial charge in [0.1, 0.15) is 15.4 Å². The first-order chi connectivity index (χ1) is 11.6. The van der Waals surface area contributed by atoms with Crippen molar-refractivity contribution in [2.75, 3.05) is 9.74 Å². The second-order valence-electron chi connectivity index (χ2n) is 4.85. The summed E-state index contributed by atoms with van der Waals surface area (Å²) in [6.45, 7) is 0. The summed E-state index contributed by atoms with van der Waals surface area (Å²) in [7, 11) is -5.04. The van der Waals surface area contributed by atoms with Gasteiger partial charge in [0.15, 0.2) is 0 Å². The summed E-state index contributed by atoms with van der Waals surface area (Å²) in [5, 5.41) is 0.364. The van der Waals surface area contributed by atoms with Crippen LogP contribution in [-0.2, 0) is 29.3 Å². The molecule has 1 heterocycles. The summed E-state index contributed by atoms with van der Waals surface area (Å²) < 4.78 is 33.0. The van der Waals surface area contributed by atoms with Crippen molar-refractivity contribution in [3.8, 4) is 0 Å². The van der Waals surface area contributed by atoms with Gasteiger partial charge in [-0.05, 0) is 18.2 Å². The maximum absolute atomic E-state index is 12.0. The quantitative estimate of drug-likeness (QED) is 0.145. The molecule has 0 aromatic heterocycles. The maximum atomic E-state index is 12.0. The Morgan fingerprint density at radius 3 is 2.54 bits per heavy atom. The van der Waals surface area contributed by atoms with E-state index >= 15 is 0 Å². The number of hydrogen-bond acceptors (Lipinski definition) is 8. The van der Waals surface area contributed by atoms with Crippen LogP contribution in [0.1, 0.15) is 16.8 Å². The average molecular weight is 504 g/mol. The predicted octanol–water partition coefficient (Wildman–Crippen LogP) is -3.19. The number of amides is 3. The van der Waals surface area contributed by atoms with E-state index in [1.54, 1.807) is 0 Å². The molecule has 1 saturated heterocycles. The molecule has 0 radical (unpaired) electrons. The summed E-state index contributed by atoms with van der Waals surface area (Å²) in [5.74, 6) is -3.96. The number of carbonyl (C=O) groups excluding carboxylic acids is 4. The molecular formula is C13H10IN2NaO8S. The van der Waals surface area contributed by atoms with E-state index in [4.69, 9.17) is 0 Å². The van der Waals surface area contributed by atoms with Crippen molar-refractivity contribution in [3.63, 3.8) is 0 Å². The van der Waals surface area contributed by atoms with Crippen LogP contribution < -0.4 is 34.9 Å². The number of nitrogens with one attached hydrogen (secondary N) is 1. The fraction of sp³-hybridized carbons (Fsp3) is 0.231. The van der Waals surface area contributed by atoms with Crippen LogP contribution in [0.4, 0.5) is 5.69 Å². The van der Waals surface area contributed by atoms with Gasteiger partial charge in [-0.15, -0.1) is 5.06 Å². The van der Waals surface area contributed by atoms with Crippen LogP contribution in [0, 0.1) is 0 Å². The maximum Gasteiger partial charge on any atom is 1.00 e. The second-order valence-corrected chi connectivity index (χ2v) is 7.17. The summed E-state index contributed by atoms with van der Waals surface area (Å²) in [5.41, 5.74) is 0.190. The first-order valence-electron chi connectivity index (χ1n) is 6.63. The molecule has 0 aliphatic carbocycles. The predicted molar refractivity (Wildman–Crippen MR) is 89.3 cm³/mol. The molecule has 1 aromatic rings. The zero-order valence-electron chi connectivity index (χ0n) is 13.3. The number of hydroxylamine groups is 2. The van der Waals surface area contributed by atoms with Crippen LogP contribution in [0.2, 0.25) is 0 Å². The molecule has 134 valence electrons. The van der Waals surface area contributed by atoms with Gasteiger partial charge in [0.05, 0.1) is 16.4 Å². The Labute approximate surface area is 183 Å². The number of benzene rings is 1. The molecule has 1 unspecified atom stereocenters. The third-order valence-electron chi connectivity index (χ3n) is 3.09. The van der Waals surface area contributed by atoms with Crippen LogP contribution in [0.25, 0.3) is 0 Å². The number of nitrogens with zero attached hydrogens (tertiary/aromatic N) is 1. The molecule has 0 saturated carbocycles. The minimum Gasteiger partial charge on any atom is -0.747 e. The van der Waals surface area contributed by atoms with Crippen molar-refractivity contribution in [1.29, 1.82) is 0 Å². The Morgan fingerprint density at radius 2 is 2.00 bits per heavy atom. The van der Waals surface area contributed by atoms with E-state index in [-0.39, 0.29) is 56.2 Å². The van der Waals surface area contributed by atoms with Crippen molar-refractivity contribution in [2.45, 2.75) is 11.7 Å². The van der Waals surface area contributed by atoms with Gasteiger partial charge >= 0.3 is 35.5 Å². The Balaban J connectivity index is 0.00000338. The molecule has 1 aliphatic rings. The van der Waals surface area contributed by atoms with Crippen LogP contribution in [-0.4, -0.2) is 51.4 Å². The second kappa shape index (κ2) is 9.23. The van der Waals surface area contributed by atoms with E-state index in [0.29, 0.717) is 0 Å². The molecule has 2 rings (SSSR count). The van der Waals surface area contributed by atoms with Gasteiger partial charge in [0.2, 0.25) is 5.91 Å². The Hall–Kier alpha value is -1.06. The van der Waals surface area contributed by atoms with Gasteiger partial charge in [-0.25, -0.2) is 13.2 Å². The van der Waals surface area contributed by atoms with Gasteiger partial charge in [0, 0.05) is 5.69 Å². The first-order valence-corrected chi connectivity index (χ1v) is 9.63. The number of hydrogen-bond donors (Lipinski definition) is 1. The summed E-state index contributed by atoms with van der Waals surface area (Å²) in [6.07, 6.45) is -0.885. The summed E-state index contributed by atoms with van der Waals surface area (Å²) >= 11 is 1.85. The molecule has 1 atom stereocenters. The van der Waals surface area contributed by atoms with Gasteiger partial charge in [-0.2, -0.15) is 0 Å². The number of halogens is 1. The Bertz CT molecular complexity index is 859. The number of alkyl halides is 1. The van der Waals surface area contributed by atoms with Crippen molar-refractivity contribution in [2.24, 2.45) is 0 Å². The van der Waals surface area contributed by atoms with E-state index < -0.39 is 39.6 Å². The molecule has 13 heteroatoms. The third kappa shape index (κ3) is 5.47. The van der Waals surface area contributed by atoms with E-state index in [9.17, 15) is 32.1 Å². The number of rotatable bonds is 5. The zero-order chi connectivity index (χ0) is 18.8. The van der Waals surface area contributed by atoms with Crippen molar-refractivity contribution < 1.29 is 66.5 Å². The smallest absolute Gasteiger partial charge is 0.747 e. The molecule has 1 fully saturated rings. The minimum absolute atomic E-state index is 0. The van der Waals surface area contributed by atoms with Gasteiger partial charge in [0.25, 0.3) is 11.8 Å². The molecule has 0 bridgehead atoms. The van der Waals surface area contributed by atoms with Crippen molar-refractivity contribution in [3.05, 3.63) is 29.8 Å². The normalized spacial score (nSPS) is 16.8. The summed E-state index contributed by atoms with van der Waals surface area (Å²) in [4.78, 5) is 51.4. The average Bonchev–Trinajstić information content (AvgIpc) is 2.83.